The van der Waals surface area contributed by atoms with E-state index in [1.165, 1.54) is 70.6 Å². The summed E-state index contributed by atoms with van der Waals surface area (Å²) in [5.41, 5.74) is 0. The van der Waals surface area contributed by atoms with Gasteiger partial charge in [-0.25, -0.2) is 4.57 Å². The largest absolute Gasteiger partial charge is 0.472 e. The molecule has 0 aromatic carbocycles. The van der Waals surface area contributed by atoms with E-state index in [4.69, 9.17) is 13.8 Å². The number of allylic oxidation sites excluding steroid dienone is 25. The van der Waals surface area contributed by atoms with Crippen LogP contribution in [0.5, 0.6) is 0 Å². The summed E-state index contributed by atoms with van der Waals surface area (Å²) < 4.78 is 30.7. The van der Waals surface area contributed by atoms with Crippen LogP contribution >= 0.6 is 7.82 Å². The molecule has 0 spiro atoms. The van der Waals surface area contributed by atoms with E-state index in [9.17, 15) is 19.0 Å². The maximum atomic E-state index is 13.6. The normalized spacial score (nSPS) is 14.6. The Morgan fingerprint density at radius 3 is 1.14 bits per heavy atom. The highest BCUT2D eigenvalue weighted by molar-refractivity contribution is 7.47. The van der Waals surface area contributed by atoms with Crippen LogP contribution in [0.2, 0.25) is 0 Å². The standard InChI is InChI=1S/C75H125N2O7P/c1-7-10-13-16-19-22-25-27-29-31-33-35-36-37-38-39-40-42-44-46-48-50-53-56-59-62-65-68-75(79)84-73(66-63-60-57-54-51-24-21-18-15-12-9-3)72(71-83-85(80,81)82-70-69-77(4,5)6)76-74(78)67-64-61-58-55-52-49-47-45-43-41-34-32-30-28-26-23-20-17-14-11-8-2/h10-11,13-14,19-20,22-23,27-30,33-35,37-38,40-42,45,47,52,55,63,66,72-73H,7-9,12,15-18,21,24-26,31-32,36,39,43-44,46,48-51,53-54,56-62,64-65,67-71H2,1-6H3,(H-,76,78,80,81)/p+1/b13-10-,14-11-,22-19-,23-20-,29-27-,30-28-,35-33-,38-37-,41-34-,42-40-,47-45-,55-52-,66-63-. The van der Waals surface area contributed by atoms with Crippen LogP contribution in [0.15, 0.2) is 158 Å². The van der Waals surface area contributed by atoms with Gasteiger partial charge in [0, 0.05) is 12.8 Å². The van der Waals surface area contributed by atoms with Crippen LogP contribution in [-0.4, -0.2) is 74.3 Å². The topological polar surface area (TPSA) is 111 Å². The third-order valence-corrected chi connectivity index (χ3v) is 14.9. The van der Waals surface area contributed by atoms with E-state index in [1.807, 2.05) is 33.3 Å². The lowest BCUT2D eigenvalue weighted by molar-refractivity contribution is -0.870. The van der Waals surface area contributed by atoms with Gasteiger partial charge < -0.3 is 19.4 Å². The van der Waals surface area contributed by atoms with Crippen LogP contribution < -0.4 is 5.32 Å². The van der Waals surface area contributed by atoms with E-state index >= 15 is 0 Å². The number of ether oxygens (including phenoxy) is 1. The van der Waals surface area contributed by atoms with E-state index in [2.05, 4.69) is 172 Å². The molecule has 1 amide bonds. The molecular weight excluding hydrogens is 1070 g/mol. The van der Waals surface area contributed by atoms with E-state index < -0.39 is 20.0 Å². The molecule has 0 rings (SSSR count). The summed E-state index contributed by atoms with van der Waals surface area (Å²) in [7, 11) is 1.44. The van der Waals surface area contributed by atoms with Crippen molar-refractivity contribution < 1.29 is 37.3 Å². The van der Waals surface area contributed by atoms with E-state index in [0.717, 1.165) is 135 Å². The number of nitrogens with one attached hydrogen (secondary N) is 1. The molecule has 0 saturated heterocycles. The van der Waals surface area contributed by atoms with Gasteiger partial charge in [-0.1, -0.05) is 263 Å². The van der Waals surface area contributed by atoms with Crippen molar-refractivity contribution in [1.82, 2.24) is 5.32 Å². The van der Waals surface area contributed by atoms with Crippen molar-refractivity contribution >= 4 is 19.7 Å². The molecule has 0 bridgehead atoms. The minimum absolute atomic E-state index is 0.0210. The zero-order valence-electron chi connectivity index (χ0n) is 55.0. The lowest BCUT2D eigenvalue weighted by Crippen LogP contribution is -2.47. The fourth-order valence-electron chi connectivity index (χ4n) is 8.83. The van der Waals surface area contributed by atoms with Crippen molar-refractivity contribution in [1.29, 1.82) is 0 Å². The second-order valence-corrected chi connectivity index (χ2v) is 24.7. The molecule has 9 nitrogen and oxygen atoms in total. The average Bonchev–Trinajstić information content (AvgIpc) is 3.59. The van der Waals surface area contributed by atoms with Gasteiger partial charge in [-0.2, -0.15) is 0 Å². The van der Waals surface area contributed by atoms with Crippen LogP contribution in [0.25, 0.3) is 0 Å². The molecule has 2 N–H and O–H groups in total. The third-order valence-electron chi connectivity index (χ3n) is 14.0. The molecule has 0 aliphatic rings. The Morgan fingerprint density at radius 1 is 0.424 bits per heavy atom. The van der Waals surface area contributed by atoms with Gasteiger partial charge in [-0.15, -0.1) is 0 Å². The Labute approximate surface area is 522 Å². The summed E-state index contributed by atoms with van der Waals surface area (Å²) >= 11 is 0. The Balaban J connectivity index is 5.19. The Bertz CT molecular complexity index is 2010. The highest BCUT2D eigenvalue weighted by Gasteiger charge is 2.30. The fourth-order valence-corrected chi connectivity index (χ4v) is 9.56. The van der Waals surface area contributed by atoms with Crippen LogP contribution in [0, 0.1) is 0 Å². The molecule has 0 aliphatic carbocycles. The van der Waals surface area contributed by atoms with Gasteiger partial charge in [0.15, 0.2) is 0 Å². The molecule has 0 aromatic rings. The van der Waals surface area contributed by atoms with Gasteiger partial charge >= 0.3 is 13.8 Å². The smallest absolute Gasteiger partial charge is 0.456 e. The molecule has 10 heteroatoms. The number of hydrogen-bond acceptors (Lipinski definition) is 6. The molecule has 0 radical (unpaired) electrons. The number of unbranched alkanes of at least 4 members (excludes halogenated alkanes) is 19. The summed E-state index contributed by atoms with van der Waals surface area (Å²) in [4.78, 5) is 37.8. The molecule has 0 heterocycles. The molecule has 85 heavy (non-hydrogen) atoms. The lowest BCUT2D eigenvalue weighted by Gasteiger charge is -2.27. The second-order valence-electron chi connectivity index (χ2n) is 23.2. The number of quaternary nitrogens is 1. The summed E-state index contributed by atoms with van der Waals surface area (Å²) in [6.07, 6.45) is 92.6. The lowest BCUT2D eigenvalue weighted by atomic mass is 10.1. The zero-order chi connectivity index (χ0) is 62.1. The summed E-state index contributed by atoms with van der Waals surface area (Å²) in [5, 5.41) is 3.03. The zero-order valence-corrected chi connectivity index (χ0v) is 55.9. The Morgan fingerprint density at radius 2 is 0.753 bits per heavy atom. The number of amides is 1. The number of rotatable bonds is 59. The van der Waals surface area contributed by atoms with Gasteiger partial charge in [0.2, 0.25) is 5.91 Å². The van der Waals surface area contributed by atoms with Crippen LogP contribution in [0.1, 0.15) is 252 Å². The summed E-state index contributed by atoms with van der Waals surface area (Å²) in [6.45, 7) is 6.72. The number of carbonyl (C=O) groups excluding carboxylic acids is 2. The number of likely N-dealkylation sites (N-methyl/N-ethyl adjacent to an activating group) is 1. The molecule has 0 fully saturated rings. The van der Waals surface area contributed by atoms with Crippen molar-refractivity contribution in [3.8, 4) is 0 Å². The van der Waals surface area contributed by atoms with Gasteiger partial charge in [-0.3, -0.25) is 18.6 Å². The Kier molecular flexibility index (Phi) is 59.5. The molecular formula is C75H126N2O7P+. The molecule has 3 unspecified atom stereocenters. The SMILES string of the molecule is CC/C=C\C/C=C\C/C=C\C/C=C\C/C=C\C/C=C\CCCCCCCCCCC(=O)OC(/C=C\CCCCCCCCCCC)C(COP(=O)(O)OCC[N+](C)(C)C)NC(=O)CCCC/C=C\C/C=C\C/C=C\C/C=C\C/C=C\C/C=C\CC. The highest BCUT2D eigenvalue weighted by atomic mass is 31.2. The van der Waals surface area contributed by atoms with Crippen molar-refractivity contribution in [2.24, 2.45) is 0 Å². The fraction of sp³-hybridized carbons (Fsp3) is 0.627. The first-order chi connectivity index (χ1) is 41.4. The van der Waals surface area contributed by atoms with Gasteiger partial charge in [-0.05, 0) is 134 Å². The number of phosphoric ester groups is 1. The van der Waals surface area contributed by atoms with E-state index in [1.54, 1.807) is 0 Å². The first kappa shape index (κ1) is 80.6. The third kappa shape index (κ3) is 63.9. The number of esters is 1. The van der Waals surface area contributed by atoms with Crippen LogP contribution in [0.3, 0.4) is 0 Å². The first-order valence-corrected chi connectivity index (χ1v) is 35.3. The van der Waals surface area contributed by atoms with E-state index in [0.29, 0.717) is 23.9 Å². The number of phosphoric acid groups is 1. The van der Waals surface area contributed by atoms with Gasteiger partial charge in [0.25, 0.3) is 0 Å². The molecule has 0 saturated carbocycles. The molecule has 0 aliphatic heterocycles. The maximum Gasteiger partial charge on any atom is 0.472 e. The van der Waals surface area contributed by atoms with Gasteiger partial charge in [0.1, 0.15) is 19.3 Å². The Hall–Kier alpha value is -4.37. The molecule has 0 aromatic heterocycles. The highest BCUT2D eigenvalue weighted by Crippen LogP contribution is 2.43. The average molecular weight is 1200 g/mol. The summed E-state index contributed by atoms with van der Waals surface area (Å²) in [5.74, 6) is -0.578. The quantitative estimate of drug-likeness (QED) is 0.0205. The molecule has 3 atom stereocenters. The molecule has 482 valence electrons. The number of hydrogen-bond donors (Lipinski definition) is 2. The summed E-state index contributed by atoms with van der Waals surface area (Å²) in [6, 6.07) is -0.888. The first-order valence-electron chi connectivity index (χ1n) is 33.8. The predicted molar refractivity (Wildman–Crippen MR) is 368 cm³/mol. The van der Waals surface area contributed by atoms with Gasteiger partial charge in [0.05, 0.1) is 33.8 Å². The van der Waals surface area contributed by atoms with Crippen LogP contribution in [0.4, 0.5) is 0 Å². The van der Waals surface area contributed by atoms with Crippen molar-refractivity contribution in [2.75, 3.05) is 40.9 Å². The van der Waals surface area contributed by atoms with Crippen molar-refractivity contribution in [3.63, 3.8) is 0 Å². The van der Waals surface area contributed by atoms with E-state index in [-0.39, 0.29) is 37.9 Å². The van der Waals surface area contributed by atoms with Crippen LogP contribution in [-0.2, 0) is 27.9 Å². The number of carbonyl (C=O) groups is 2. The van der Waals surface area contributed by atoms with Crippen molar-refractivity contribution in [3.05, 3.63) is 158 Å². The van der Waals surface area contributed by atoms with Crippen molar-refractivity contribution in [2.45, 2.75) is 264 Å². The maximum absolute atomic E-state index is 13.6. The second kappa shape index (κ2) is 62.7. The predicted octanol–water partition coefficient (Wildman–Crippen LogP) is 21.6. The minimum Gasteiger partial charge on any atom is -0.456 e. The minimum atomic E-state index is -4.48. The number of nitrogens with zero attached hydrogens (tertiary/aromatic N) is 1. The monoisotopic (exact) mass is 1200 g/mol.